The highest BCUT2D eigenvalue weighted by Crippen LogP contribution is 2.29. The molecule has 1 aromatic heterocycles. The van der Waals surface area contributed by atoms with E-state index in [1.807, 2.05) is 50.2 Å². The van der Waals surface area contributed by atoms with Gasteiger partial charge in [-0.2, -0.15) is 5.26 Å². The first-order valence-corrected chi connectivity index (χ1v) is 5.12. The van der Waals surface area contributed by atoms with Gasteiger partial charge in [-0.25, -0.2) is 0 Å². The van der Waals surface area contributed by atoms with E-state index in [4.69, 9.17) is 0 Å². The number of rotatable bonds is 1. The zero-order valence-corrected chi connectivity index (χ0v) is 9.65. The Morgan fingerprint density at radius 1 is 1.25 bits per heavy atom. The second-order valence-corrected chi connectivity index (χ2v) is 3.94. The standard InChI is InChI=1S/C13H13N3/c1-9-11(8-14)13(16(2)3)10-6-4-5-7-12(10)15-9/h4-7H,1-3H3. The van der Waals surface area contributed by atoms with Crippen molar-refractivity contribution in [1.82, 2.24) is 4.98 Å². The van der Waals surface area contributed by atoms with Gasteiger partial charge >= 0.3 is 0 Å². The van der Waals surface area contributed by atoms with Crippen LogP contribution in [0.4, 0.5) is 5.69 Å². The largest absolute Gasteiger partial charge is 0.376 e. The lowest BCUT2D eigenvalue weighted by molar-refractivity contribution is 1.11. The normalized spacial score (nSPS) is 10.1. The van der Waals surface area contributed by atoms with Gasteiger partial charge in [-0.3, -0.25) is 4.98 Å². The molecule has 0 saturated heterocycles. The van der Waals surface area contributed by atoms with Crippen LogP contribution >= 0.6 is 0 Å². The third kappa shape index (κ3) is 1.49. The number of benzene rings is 1. The van der Waals surface area contributed by atoms with Gasteiger partial charge in [-0.05, 0) is 13.0 Å². The number of aromatic nitrogens is 1. The van der Waals surface area contributed by atoms with Crippen LogP contribution in [0.5, 0.6) is 0 Å². The highest BCUT2D eigenvalue weighted by Gasteiger charge is 2.13. The average molecular weight is 211 g/mol. The zero-order valence-electron chi connectivity index (χ0n) is 9.65. The van der Waals surface area contributed by atoms with Crippen LogP contribution in [0.2, 0.25) is 0 Å². The molecule has 0 saturated carbocycles. The number of hydrogen-bond donors (Lipinski definition) is 0. The lowest BCUT2D eigenvalue weighted by Gasteiger charge is -2.18. The summed E-state index contributed by atoms with van der Waals surface area (Å²) in [4.78, 5) is 6.41. The van der Waals surface area contributed by atoms with Crippen molar-refractivity contribution in [3.63, 3.8) is 0 Å². The van der Waals surface area contributed by atoms with Crippen molar-refractivity contribution in [2.75, 3.05) is 19.0 Å². The van der Waals surface area contributed by atoms with E-state index in [1.165, 1.54) is 0 Å². The molecule has 1 heterocycles. The monoisotopic (exact) mass is 211 g/mol. The van der Waals surface area contributed by atoms with Crippen molar-refractivity contribution in [2.24, 2.45) is 0 Å². The Kier molecular flexibility index (Phi) is 2.49. The molecule has 3 heteroatoms. The van der Waals surface area contributed by atoms with Crippen LogP contribution in [0.25, 0.3) is 10.9 Å². The Bertz CT molecular complexity index is 579. The maximum absolute atomic E-state index is 9.19. The molecule has 0 aliphatic heterocycles. The van der Waals surface area contributed by atoms with Gasteiger partial charge < -0.3 is 4.90 Å². The molecule has 2 rings (SSSR count). The van der Waals surface area contributed by atoms with Gasteiger partial charge in [0.25, 0.3) is 0 Å². The first kappa shape index (κ1) is 10.4. The van der Waals surface area contributed by atoms with E-state index in [9.17, 15) is 5.26 Å². The highest BCUT2D eigenvalue weighted by atomic mass is 15.1. The summed E-state index contributed by atoms with van der Waals surface area (Å²) in [5.41, 5.74) is 3.32. The molecule has 0 N–H and O–H groups in total. The van der Waals surface area contributed by atoms with Crippen LogP contribution in [-0.2, 0) is 0 Å². The van der Waals surface area contributed by atoms with Gasteiger partial charge in [-0.1, -0.05) is 18.2 Å². The maximum Gasteiger partial charge on any atom is 0.103 e. The molecule has 2 aromatic rings. The van der Waals surface area contributed by atoms with Crippen LogP contribution in [0.1, 0.15) is 11.3 Å². The number of anilines is 1. The zero-order chi connectivity index (χ0) is 11.7. The molecular weight excluding hydrogens is 198 g/mol. The molecule has 0 bridgehead atoms. The van der Waals surface area contributed by atoms with E-state index in [0.717, 1.165) is 22.3 Å². The van der Waals surface area contributed by atoms with E-state index >= 15 is 0 Å². The van der Waals surface area contributed by atoms with Crippen LogP contribution in [0, 0.1) is 18.3 Å². The summed E-state index contributed by atoms with van der Waals surface area (Å²) < 4.78 is 0. The molecule has 0 spiro atoms. The van der Waals surface area contributed by atoms with E-state index in [1.54, 1.807) is 0 Å². The molecule has 0 aliphatic carbocycles. The molecule has 0 radical (unpaired) electrons. The first-order valence-electron chi connectivity index (χ1n) is 5.12. The quantitative estimate of drug-likeness (QED) is 0.727. The minimum atomic E-state index is 0.656. The minimum Gasteiger partial charge on any atom is -0.376 e. The lowest BCUT2D eigenvalue weighted by atomic mass is 10.1. The summed E-state index contributed by atoms with van der Waals surface area (Å²) >= 11 is 0. The van der Waals surface area contributed by atoms with Crippen molar-refractivity contribution in [1.29, 1.82) is 5.26 Å². The van der Waals surface area contributed by atoms with Crippen LogP contribution in [0.3, 0.4) is 0 Å². The molecule has 3 nitrogen and oxygen atoms in total. The SMILES string of the molecule is Cc1nc2ccccc2c(N(C)C)c1C#N. The number of fused-ring (bicyclic) bond motifs is 1. The van der Waals surface area contributed by atoms with E-state index in [-0.39, 0.29) is 0 Å². The summed E-state index contributed by atoms with van der Waals surface area (Å²) in [6.07, 6.45) is 0. The fourth-order valence-corrected chi connectivity index (χ4v) is 1.91. The van der Waals surface area contributed by atoms with Crippen molar-refractivity contribution < 1.29 is 0 Å². The lowest BCUT2D eigenvalue weighted by Crippen LogP contribution is -2.12. The molecular formula is C13H13N3. The molecule has 0 aliphatic rings. The second-order valence-electron chi connectivity index (χ2n) is 3.94. The summed E-state index contributed by atoms with van der Waals surface area (Å²) in [6, 6.07) is 10.1. The predicted octanol–water partition coefficient (Wildman–Crippen LogP) is 2.48. The van der Waals surface area contributed by atoms with Crippen molar-refractivity contribution in [3.05, 3.63) is 35.5 Å². The van der Waals surface area contributed by atoms with E-state index in [0.29, 0.717) is 5.56 Å². The third-order valence-corrected chi connectivity index (χ3v) is 2.60. The number of hydrogen-bond acceptors (Lipinski definition) is 3. The molecule has 16 heavy (non-hydrogen) atoms. The predicted molar refractivity (Wildman–Crippen MR) is 65.5 cm³/mol. The number of pyridine rings is 1. The first-order chi connectivity index (χ1) is 7.65. The Labute approximate surface area is 94.9 Å². The molecule has 0 unspecified atom stereocenters. The van der Waals surface area contributed by atoms with Crippen LogP contribution < -0.4 is 4.90 Å². The number of nitrogens with zero attached hydrogens (tertiary/aromatic N) is 3. The fraction of sp³-hybridized carbons (Fsp3) is 0.231. The van der Waals surface area contributed by atoms with Crippen molar-refractivity contribution in [3.8, 4) is 6.07 Å². The minimum absolute atomic E-state index is 0.656. The highest BCUT2D eigenvalue weighted by molar-refractivity contribution is 5.94. The molecule has 0 amide bonds. The number of nitriles is 1. The van der Waals surface area contributed by atoms with Gasteiger partial charge in [-0.15, -0.1) is 0 Å². The van der Waals surface area contributed by atoms with Gasteiger partial charge in [0.1, 0.15) is 6.07 Å². The van der Waals surface area contributed by atoms with Crippen molar-refractivity contribution >= 4 is 16.6 Å². The Morgan fingerprint density at radius 2 is 1.94 bits per heavy atom. The molecule has 0 atom stereocenters. The van der Waals surface area contributed by atoms with Gasteiger partial charge in [0.2, 0.25) is 0 Å². The summed E-state index contributed by atoms with van der Waals surface area (Å²) in [5.74, 6) is 0. The van der Waals surface area contributed by atoms with Crippen molar-refractivity contribution in [2.45, 2.75) is 6.92 Å². The number of aryl methyl sites for hydroxylation is 1. The average Bonchev–Trinajstić information content (AvgIpc) is 2.26. The fourth-order valence-electron chi connectivity index (χ4n) is 1.91. The topological polar surface area (TPSA) is 39.9 Å². The smallest absolute Gasteiger partial charge is 0.103 e. The molecule has 1 aromatic carbocycles. The number of para-hydroxylation sites is 1. The summed E-state index contributed by atoms with van der Waals surface area (Å²) in [7, 11) is 3.89. The van der Waals surface area contributed by atoms with Gasteiger partial charge in [0.15, 0.2) is 0 Å². The Balaban J connectivity index is 2.94. The van der Waals surface area contributed by atoms with E-state index in [2.05, 4.69) is 11.1 Å². The maximum atomic E-state index is 9.19. The summed E-state index contributed by atoms with van der Waals surface area (Å²) in [5, 5.41) is 10.2. The Morgan fingerprint density at radius 3 is 2.56 bits per heavy atom. The second kappa shape index (κ2) is 3.82. The van der Waals surface area contributed by atoms with Crippen LogP contribution in [0.15, 0.2) is 24.3 Å². The Hall–Kier alpha value is -2.08. The van der Waals surface area contributed by atoms with E-state index < -0.39 is 0 Å². The van der Waals surface area contributed by atoms with Crippen LogP contribution in [-0.4, -0.2) is 19.1 Å². The van der Waals surface area contributed by atoms with Gasteiger partial charge in [0, 0.05) is 19.5 Å². The summed E-state index contributed by atoms with van der Waals surface area (Å²) in [6.45, 7) is 1.87. The third-order valence-electron chi connectivity index (χ3n) is 2.60. The molecule has 0 fully saturated rings. The molecule has 80 valence electrons. The van der Waals surface area contributed by atoms with Gasteiger partial charge in [0.05, 0.1) is 22.5 Å².